The molecule has 9 aromatic rings. The van der Waals surface area contributed by atoms with Crippen LogP contribution >= 0.6 is 18.8 Å². The first-order valence-electron chi connectivity index (χ1n) is 23.4. The van der Waals surface area contributed by atoms with Crippen LogP contribution < -0.4 is 9.80 Å². The number of pyridine rings is 6. The van der Waals surface area contributed by atoms with Crippen molar-refractivity contribution in [2.75, 3.05) is 38.0 Å². The fourth-order valence-electron chi connectivity index (χ4n) is 7.32. The van der Waals surface area contributed by atoms with Crippen LogP contribution in [0, 0.1) is 47.4 Å². The predicted octanol–water partition coefficient (Wildman–Crippen LogP) is 13.4. The Hall–Kier alpha value is -7.11. The van der Waals surface area contributed by atoms with Crippen molar-refractivity contribution in [3.8, 4) is 40.2 Å². The number of hydrogen-bond donors (Lipinski definition) is 0. The molecule has 0 N–H and O–H groups in total. The molecular formula is C55H45Cl2F10N13Pt2. The van der Waals surface area contributed by atoms with Crippen LogP contribution in [-0.2, 0) is 60.7 Å². The van der Waals surface area contributed by atoms with Gasteiger partial charge in [0.05, 0.1) is 45.8 Å². The van der Waals surface area contributed by atoms with E-state index in [0.717, 1.165) is 33.6 Å². The van der Waals surface area contributed by atoms with Gasteiger partial charge in [0.2, 0.25) is 11.9 Å². The minimum Gasteiger partial charge on any atom is 2.00 e. The van der Waals surface area contributed by atoms with E-state index in [4.69, 9.17) is 24.1 Å². The molecule has 82 heavy (non-hydrogen) atoms. The summed E-state index contributed by atoms with van der Waals surface area (Å²) in [5.74, 6) is -3.64. The van der Waals surface area contributed by atoms with Crippen LogP contribution in [0.15, 0.2) is 128 Å². The third-order valence-electron chi connectivity index (χ3n) is 11.8. The van der Waals surface area contributed by atoms with Gasteiger partial charge in [0.15, 0.2) is 11.5 Å². The molecular weight excluding hydrogens is 1490 g/mol. The molecule has 0 saturated heterocycles. The fraction of sp³-hybridized carbons (Fsp3) is 0.218. The van der Waals surface area contributed by atoms with Crippen LogP contribution in [0.2, 0.25) is 0 Å². The molecule has 0 atom stereocenters. The van der Waals surface area contributed by atoms with Crippen LogP contribution in [0.4, 0.5) is 55.3 Å². The number of benzene rings is 1. The number of aromatic nitrogens is 10. The summed E-state index contributed by atoms with van der Waals surface area (Å²) in [4.78, 5) is 28.3. The Balaban J connectivity index is 0.000000251. The topological polar surface area (TPSA) is 143 Å². The van der Waals surface area contributed by atoms with Gasteiger partial charge >= 0.3 is 68.7 Å². The third kappa shape index (κ3) is 16.5. The number of nitrogens with zero attached hydrogens (tertiary/aromatic N) is 13. The zero-order valence-electron chi connectivity index (χ0n) is 44.1. The molecule has 1 aromatic carbocycles. The summed E-state index contributed by atoms with van der Waals surface area (Å²) >= 11 is -0.472. The van der Waals surface area contributed by atoms with Crippen LogP contribution in [0.25, 0.3) is 34.2 Å². The molecule has 0 spiro atoms. The number of anilines is 2. The average molecular weight is 1540 g/mol. The zero-order valence-corrected chi connectivity index (χ0v) is 50.2. The van der Waals surface area contributed by atoms with E-state index < -0.39 is 74.8 Å². The second-order valence-electron chi connectivity index (χ2n) is 18.6. The van der Waals surface area contributed by atoms with E-state index in [-0.39, 0.29) is 55.2 Å². The molecule has 0 aliphatic heterocycles. The molecule has 8 aromatic heterocycles. The van der Waals surface area contributed by atoms with E-state index in [1.165, 1.54) is 18.3 Å². The van der Waals surface area contributed by atoms with Crippen molar-refractivity contribution in [3.63, 3.8) is 0 Å². The molecule has 0 fully saturated rings. The largest absolute Gasteiger partial charge is 2.00 e. The molecule has 0 unspecified atom stereocenters. The van der Waals surface area contributed by atoms with Crippen molar-refractivity contribution in [2.45, 2.75) is 50.9 Å². The van der Waals surface area contributed by atoms with Crippen molar-refractivity contribution in [1.29, 1.82) is 5.26 Å². The maximum Gasteiger partial charge on any atom is 2.00 e. The van der Waals surface area contributed by atoms with Gasteiger partial charge in [0.25, 0.3) is 0 Å². The van der Waals surface area contributed by atoms with Gasteiger partial charge in [-0.05, 0) is 100 Å². The Bertz CT molecular complexity index is 3440. The van der Waals surface area contributed by atoms with Gasteiger partial charge in [-0.2, -0.15) is 50.5 Å². The molecule has 0 aliphatic rings. The maximum absolute atomic E-state index is 14.4. The summed E-state index contributed by atoms with van der Waals surface area (Å²) in [5.41, 5.74) is 0.640. The molecule has 0 saturated carbocycles. The van der Waals surface area contributed by atoms with E-state index in [1.54, 1.807) is 79.7 Å². The summed E-state index contributed by atoms with van der Waals surface area (Å²) in [6, 6.07) is 35.2. The standard InChI is InChI=1S/C24H21F5N6.C24H19F5N6.C7H5N.2ClH.2Pt/c2*1-23(2,17-6-5-7-21(31-17)35-11-10-18(33-35)24(27,28)29)19-13-14(34(3)4)12-16(30-19)15-8-9-20(25)32-22(15)26;8-6-7-4-2-1-3-5-7;;;;/h5-13H,1-4H3;5-7,9-10,12-13H,1-4H3;1-5H;2*1H;;/q;-2;;;;2*+2/p-2. The van der Waals surface area contributed by atoms with Gasteiger partial charge < -0.3 is 19.5 Å². The van der Waals surface area contributed by atoms with E-state index in [1.807, 2.05) is 77.0 Å². The Morgan fingerprint density at radius 1 is 0.549 bits per heavy atom. The normalized spacial score (nSPS) is 11.4. The fourth-order valence-corrected chi connectivity index (χ4v) is 7.32. The Morgan fingerprint density at radius 3 is 1.56 bits per heavy atom. The molecule has 0 bridgehead atoms. The second kappa shape index (κ2) is 27.8. The van der Waals surface area contributed by atoms with E-state index in [2.05, 4.69) is 52.4 Å². The molecule has 0 amide bonds. The van der Waals surface area contributed by atoms with Gasteiger partial charge in [-0.25, -0.2) is 18.4 Å². The first kappa shape index (κ1) is 65.7. The van der Waals surface area contributed by atoms with E-state index in [0.29, 0.717) is 39.7 Å². The van der Waals surface area contributed by atoms with Crippen molar-refractivity contribution in [3.05, 3.63) is 203 Å². The minimum absolute atomic E-state index is 0. The molecule has 0 aliphatic carbocycles. The summed E-state index contributed by atoms with van der Waals surface area (Å²) in [5, 5.41) is 15.4. The monoisotopic (exact) mass is 1540 g/mol. The van der Waals surface area contributed by atoms with Gasteiger partial charge in [0.1, 0.15) is 11.9 Å². The summed E-state index contributed by atoms with van der Waals surface area (Å²) < 4.78 is 135. The predicted molar refractivity (Wildman–Crippen MR) is 281 cm³/mol. The van der Waals surface area contributed by atoms with E-state index >= 15 is 0 Å². The average Bonchev–Trinajstić information content (AvgIpc) is 4.15. The molecule has 27 heteroatoms. The molecule has 13 nitrogen and oxygen atoms in total. The number of rotatable bonds is 10. The first-order valence-corrected chi connectivity index (χ1v) is 29.1. The Labute approximate surface area is 495 Å². The SMILES string of the molecule is CN(C)c1cc(-c2[c-]cc(F)nc2F)nc(C(C)(C)c2cccc(-n3[c-]cc(C(F)(F)F)n3)n2)c1.CN(C)c1cc(-c2ccc(F)nc2F)nc(C(C)(C)c2cccc(-n3ccc(C(F)(F)F)n3)n2)c1.N#Cc1ccccc1.[Cl][Pt][Cl].[Pt+2]. The van der Waals surface area contributed by atoms with Gasteiger partial charge in [-0.1, -0.05) is 60.3 Å². The van der Waals surface area contributed by atoms with Crippen LogP contribution in [-0.4, -0.2) is 77.7 Å². The van der Waals surface area contributed by atoms with Crippen molar-refractivity contribution in [1.82, 2.24) is 49.5 Å². The quantitative estimate of drug-likeness (QED) is 0.0733. The summed E-state index contributed by atoms with van der Waals surface area (Å²) in [6.07, 6.45) is -5.55. The Kier molecular flexibility index (Phi) is 22.2. The van der Waals surface area contributed by atoms with Crippen LogP contribution in [0.1, 0.15) is 67.4 Å². The van der Waals surface area contributed by atoms with Crippen LogP contribution in [0.5, 0.6) is 0 Å². The molecule has 8 heterocycles. The number of alkyl halides is 6. The number of nitriles is 1. The van der Waals surface area contributed by atoms with Gasteiger partial charge in [0, 0.05) is 68.0 Å². The molecule has 9 rings (SSSR count). The number of halogens is 12. The maximum atomic E-state index is 14.4. The molecule has 434 valence electrons. The van der Waals surface area contributed by atoms with Gasteiger partial charge in [-0.3, -0.25) is 20.1 Å². The van der Waals surface area contributed by atoms with Crippen LogP contribution in [0.3, 0.4) is 0 Å². The molecule has 0 radical (unpaired) electrons. The minimum atomic E-state index is -4.60. The third-order valence-corrected chi connectivity index (χ3v) is 11.8. The van der Waals surface area contributed by atoms with Crippen molar-refractivity contribution in [2.24, 2.45) is 0 Å². The first-order chi connectivity index (χ1) is 38.1. The van der Waals surface area contributed by atoms with Gasteiger partial charge in [-0.15, -0.1) is 12.1 Å². The summed E-state index contributed by atoms with van der Waals surface area (Å²) in [7, 11) is 17.0. The smallest absolute Gasteiger partial charge is 2.00 e. The number of hydrogen-bond acceptors (Lipinski definition) is 11. The summed E-state index contributed by atoms with van der Waals surface area (Å²) in [6.45, 7) is 7.32. The zero-order chi connectivity index (χ0) is 59.6. The Morgan fingerprint density at radius 2 is 1.07 bits per heavy atom. The van der Waals surface area contributed by atoms with Crippen molar-refractivity contribution >= 4 is 30.2 Å². The van der Waals surface area contributed by atoms with E-state index in [9.17, 15) is 43.9 Å². The second-order valence-corrected chi connectivity index (χ2v) is 21.9. The van der Waals surface area contributed by atoms with Crippen molar-refractivity contribution < 1.29 is 81.5 Å².